The second-order valence-electron chi connectivity index (χ2n) is 5.84. The Hall–Kier alpha value is -3.27. The molecule has 1 aromatic carbocycles. The lowest BCUT2D eigenvalue weighted by atomic mass is 10.0. The van der Waals surface area contributed by atoms with Crippen molar-refractivity contribution in [3.63, 3.8) is 0 Å². The highest BCUT2D eigenvalue weighted by atomic mass is 19.1. The third kappa shape index (κ3) is 3.48. The number of benzene rings is 1. The van der Waals surface area contributed by atoms with Gasteiger partial charge in [0.2, 0.25) is 11.7 Å². The van der Waals surface area contributed by atoms with Crippen LogP contribution in [-0.4, -0.2) is 15.1 Å². The van der Waals surface area contributed by atoms with Gasteiger partial charge in [0.05, 0.1) is 5.69 Å². The number of hydrogen-bond donors (Lipinski definition) is 1. The molecule has 7 heteroatoms. The van der Waals surface area contributed by atoms with Gasteiger partial charge in [-0.25, -0.2) is 4.39 Å². The van der Waals surface area contributed by atoms with E-state index in [0.29, 0.717) is 17.4 Å². The van der Waals surface area contributed by atoms with E-state index in [9.17, 15) is 9.65 Å². The fraction of sp³-hybridized carbons (Fsp3) is 0.222. The van der Waals surface area contributed by atoms with Gasteiger partial charge in [0, 0.05) is 18.0 Å². The largest absolute Gasteiger partial charge is 0.372 e. The lowest BCUT2D eigenvalue weighted by molar-refractivity contribution is 0.336. The molecule has 0 saturated heterocycles. The summed E-state index contributed by atoms with van der Waals surface area (Å²) < 4.78 is 19.2. The van der Waals surface area contributed by atoms with Crippen molar-refractivity contribution < 1.29 is 8.91 Å². The Morgan fingerprint density at radius 2 is 2.08 bits per heavy atom. The van der Waals surface area contributed by atoms with Gasteiger partial charge in [0.25, 0.3) is 0 Å². The topological polar surface area (TPSA) is 87.6 Å². The minimum atomic E-state index is -0.573. The average molecular weight is 337 g/mol. The van der Waals surface area contributed by atoms with Crippen molar-refractivity contribution in [3.8, 4) is 17.5 Å². The Morgan fingerprint density at radius 3 is 2.76 bits per heavy atom. The minimum Gasteiger partial charge on any atom is -0.372 e. The Kier molecular flexibility index (Phi) is 4.70. The van der Waals surface area contributed by atoms with E-state index < -0.39 is 5.82 Å². The van der Waals surface area contributed by atoms with Crippen molar-refractivity contribution >= 4 is 5.69 Å². The molecule has 0 aliphatic carbocycles. The highest BCUT2D eigenvalue weighted by Crippen LogP contribution is 2.29. The molecule has 2 aromatic heterocycles. The fourth-order valence-electron chi connectivity index (χ4n) is 2.41. The molecule has 2 heterocycles. The molecule has 3 rings (SSSR count). The zero-order chi connectivity index (χ0) is 17.8. The molecule has 1 unspecified atom stereocenters. The van der Waals surface area contributed by atoms with Gasteiger partial charge in [-0.2, -0.15) is 10.2 Å². The Morgan fingerprint density at radius 1 is 1.24 bits per heavy atom. The highest BCUT2D eigenvalue weighted by molar-refractivity contribution is 5.59. The van der Waals surface area contributed by atoms with Crippen LogP contribution in [0.5, 0.6) is 0 Å². The highest BCUT2D eigenvalue weighted by Gasteiger charge is 2.24. The summed E-state index contributed by atoms with van der Waals surface area (Å²) in [6.07, 6.45) is 3.31. The molecule has 0 spiro atoms. The van der Waals surface area contributed by atoms with E-state index in [1.54, 1.807) is 30.6 Å². The van der Waals surface area contributed by atoms with E-state index in [2.05, 4.69) is 20.4 Å². The third-order valence-corrected chi connectivity index (χ3v) is 3.73. The van der Waals surface area contributed by atoms with E-state index in [-0.39, 0.29) is 17.5 Å². The SMILES string of the molecule is CC(C)C(Nc1cccc(F)c1C#N)c1nc(-c2cccnc2)no1. The van der Waals surface area contributed by atoms with Crippen LogP contribution in [0, 0.1) is 23.1 Å². The number of nitrogens with zero attached hydrogens (tertiary/aromatic N) is 4. The summed E-state index contributed by atoms with van der Waals surface area (Å²) in [4.78, 5) is 8.45. The van der Waals surface area contributed by atoms with Crippen LogP contribution in [0.15, 0.2) is 47.2 Å². The van der Waals surface area contributed by atoms with Crippen LogP contribution in [0.3, 0.4) is 0 Å². The number of aromatic nitrogens is 3. The normalized spacial score (nSPS) is 12.0. The van der Waals surface area contributed by atoms with Crippen molar-refractivity contribution in [2.75, 3.05) is 5.32 Å². The first-order valence-corrected chi connectivity index (χ1v) is 7.79. The van der Waals surface area contributed by atoms with Crippen molar-refractivity contribution in [2.45, 2.75) is 19.9 Å². The van der Waals surface area contributed by atoms with Gasteiger partial charge in [0.15, 0.2) is 0 Å². The summed E-state index contributed by atoms with van der Waals surface area (Å²) in [6.45, 7) is 3.94. The van der Waals surface area contributed by atoms with Gasteiger partial charge in [-0.1, -0.05) is 25.1 Å². The number of rotatable bonds is 5. The van der Waals surface area contributed by atoms with Gasteiger partial charge in [0.1, 0.15) is 23.5 Å². The van der Waals surface area contributed by atoms with Crippen molar-refractivity contribution in [3.05, 3.63) is 60.0 Å². The lowest BCUT2D eigenvalue weighted by Gasteiger charge is -2.20. The molecule has 0 saturated carbocycles. The molecule has 6 nitrogen and oxygen atoms in total. The molecule has 1 N–H and O–H groups in total. The van der Waals surface area contributed by atoms with Gasteiger partial charge >= 0.3 is 0 Å². The van der Waals surface area contributed by atoms with Gasteiger partial charge in [-0.3, -0.25) is 4.98 Å². The van der Waals surface area contributed by atoms with E-state index >= 15 is 0 Å². The zero-order valence-electron chi connectivity index (χ0n) is 13.8. The molecule has 3 aromatic rings. The van der Waals surface area contributed by atoms with Crippen LogP contribution in [0.25, 0.3) is 11.4 Å². The van der Waals surface area contributed by atoms with E-state index in [4.69, 9.17) is 4.52 Å². The fourth-order valence-corrected chi connectivity index (χ4v) is 2.41. The molecule has 0 aliphatic rings. The molecule has 0 radical (unpaired) electrons. The smallest absolute Gasteiger partial charge is 0.249 e. The van der Waals surface area contributed by atoms with Crippen molar-refractivity contribution in [1.29, 1.82) is 5.26 Å². The van der Waals surface area contributed by atoms with Gasteiger partial charge in [-0.05, 0) is 30.2 Å². The second-order valence-corrected chi connectivity index (χ2v) is 5.84. The summed E-state index contributed by atoms with van der Waals surface area (Å²) in [5.74, 6) is 0.283. The number of nitriles is 1. The van der Waals surface area contributed by atoms with Gasteiger partial charge < -0.3 is 9.84 Å². The predicted molar refractivity (Wildman–Crippen MR) is 89.8 cm³/mol. The Labute approximate surface area is 144 Å². The summed E-state index contributed by atoms with van der Waals surface area (Å²) >= 11 is 0. The zero-order valence-corrected chi connectivity index (χ0v) is 13.8. The molecule has 0 bridgehead atoms. The van der Waals surface area contributed by atoms with E-state index in [1.165, 1.54) is 6.07 Å². The van der Waals surface area contributed by atoms with Crippen molar-refractivity contribution in [1.82, 2.24) is 15.1 Å². The summed E-state index contributed by atoms with van der Waals surface area (Å²) in [5, 5.41) is 16.3. The van der Waals surface area contributed by atoms with Crippen molar-refractivity contribution in [2.24, 2.45) is 5.92 Å². The molecule has 0 amide bonds. The third-order valence-electron chi connectivity index (χ3n) is 3.73. The molecule has 0 aliphatic heterocycles. The maximum absolute atomic E-state index is 13.8. The average Bonchev–Trinajstić information content (AvgIpc) is 3.10. The summed E-state index contributed by atoms with van der Waals surface area (Å²) in [5.41, 5.74) is 1.09. The van der Waals surface area contributed by atoms with Crippen LogP contribution in [-0.2, 0) is 0 Å². The lowest BCUT2D eigenvalue weighted by Crippen LogP contribution is -2.18. The monoisotopic (exact) mass is 337 g/mol. The van der Waals surface area contributed by atoms with Crippen LogP contribution in [0.2, 0.25) is 0 Å². The maximum Gasteiger partial charge on any atom is 0.249 e. The molecule has 126 valence electrons. The number of anilines is 1. The number of halogens is 1. The molecular weight excluding hydrogens is 321 g/mol. The summed E-state index contributed by atoms with van der Waals surface area (Å²) in [7, 11) is 0. The van der Waals surface area contributed by atoms with Gasteiger partial charge in [-0.15, -0.1) is 0 Å². The molecule has 0 fully saturated rings. The first-order chi connectivity index (χ1) is 12.1. The maximum atomic E-state index is 13.8. The molecule has 1 atom stereocenters. The number of pyridine rings is 1. The van der Waals surface area contributed by atoms with E-state index in [0.717, 1.165) is 5.56 Å². The van der Waals surface area contributed by atoms with Crippen LogP contribution in [0.1, 0.15) is 31.3 Å². The first kappa shape index (κ1) is 16.6. The quantitative estimate of drug-likeness (QED) is 0.758. The minimum absolute atomic E-state index is 0.0415. The predicted octanol–water partition coefficient (Wildman–Crippen LogP) is 3.95. The Balaban J connectivity index is 1.92. The van der Waals surface area contributed by atoms with E-state index in [1.807, 2.05) is 26.0 Å². The Bertz CT molecular complexity index is 901. The second kappa shape index (κ2) is 7.09. The van der Waals surface area contributed by atoms with Crippen LogP contribution in [0.4, 0.5) is 10.1 Å². The standard InChI is InChI=1S/C18H16FN5O/c1-11(2)16(22-15-7-3-6-14(19)13(15)9-20)18-23-17(24-25-18)12-5-4-8-21-10-12/h3-8,10-11,16,22H,1-2H3. The summed E-state index contributed by atoms with van der Waals surface area (Å²) in [6, 6.07) is 9.58. The number of hydrogen-bond acceptors (Lipinski definition) is 6. The van der Waals surface area contributed by atoms with Crippen LogP contribution >= 0.6 is 0 Å². The molecule has 25 heavy (non-hydrogen) atoms. The molecular formula is C18H16FN5O. The first-order valence-electron chi connectivity index (χ1n) is 7.79. The van der Waals surface area contributed by atoms with Crippen LogP contribution < -0.4 is 5.32 Å². The number of nitrogens with one attached hydrogen (secondary N) is 1.